The molecule has 0 unspecified atom stereocenters. The Kier molecular flexibility index (Phi) is 2.91. The zero-order valence-corrected chi connectivity index (χ0v) is 9.75. The number of rotatable bonds is 2. The molecule has 0 saturated carbocycles. The fraction of sp³-hybridized carbons (Fsp3) is 0.583. The van der Waals surface area contributed by atoms with Crippen LogP contribution in [0.2, 0.25) is 0 Å². The Morgan fingerprint density at radius 1 is 1.40 bits per heavy atom. The highest BCUT2D eigenvalue weighted by molar-refractivity contribution is 5.41. The SMILES string of the molecule is Cc1nc(N(C)C)ccc1[C@@H]1CCCN1. The summed E-state index contributed by atoms with van der Waals surface area (Å²) in [5.41, 5.74) is 2.51. The zero-order valence-electron chi connectivity index (χ0n) is 9.75. The van der Waals surface area contributed by atoms with Crippen molar-refractivity contribution in [1.82, 2.24) is 10.3 Å². The third-order valence-corrected chi connectivity index (χ3v) is 3.01. The first-order valence-electron chi connectivity index (χ1n) is 5.57. The van der Waals surface area contributed by atoms with E-state index >= 15 is 0 Å². The minimum absolute atomic E-state index is 0.522. The minimum Gasteiger partial charge on any atom is -0.363 e. The Labute approximate surface area is 91.5 Å². The summed E-state index contributed by atoms with van der Waals surface area (Å²) in [7, 11) is 4.05. The van der Waals surface area contributed by atoms with E-state index in [0.717, 1.165) is 18.1 Å². The molecule has 0 spiro atoms. The Morgan fingerprint density at radius 2 is 2.20 bits per heavy atom. The van der Waals surface area contributed by atoms with Gasteiger partial charge in [-0.3, -0.25) is 0 Å². The number of aryl methyl sites for hydroxylation is 1. The topological polar surface area (TPSA) is 28.2 Å². The molecule has 1 saturated heterocycles. The van der Waals surface area contributed by atoms with E-state index in [9.17, 15) is 0 Å². The first-order chi connectivity index (χ1) is 7.18. The van der Waals surface area contributed by atoms with Crippen molar-refractivity contribution in [2.45, 2.75) is 25.8 Å². The van der Waals surface area contributed by atoms with Gasteiger partial charge in [-0.15, -0.1) is 0 Å². The third-order valence-electron chi connectivity index (χ3n) is 3.01. The third kappa shape index (κ3) is 2.12. The average molecular weight is 205 g/mol. The molecule has 1 aromatic rings. The second kappa shape index (κ2) is 4.19. The molecule has 1 N–H and O–H groups in total. The van der Waals surface area contributed by atoms with Crippen molar-refractivity contribution in [1.29, 1.82) is 0 Å². The van der Waals surface area contributed by atoms with Crippen molar-refractivity contribution in [3.63, 3.8) is 0 Å². The summed E-state index contributed by atoms with van der Waals surface area (Å²) in [4.78, 5) is 6.64. The van der Waals surface area contributed by atoms with Crippen LogP contribution in [0, 0.1) is 6.92 Å². The van der Waals surface area contributed by atoms with Crippen LogP contribution in [0.15, 0.2) is 12.1 Å². The molecule has 2 rings (SSSR count). The largest absolute Gasteiger partial charge is 0.363 e. The van der Waals surface area contributed by atoms with Crippen LogP contribution in [0.3, 0.4) is 0 Å². The van der Waals surface area contributed by atoms with Gasteiger partial charge in [-0.25, -0.2) is 4.98 Å². The fourth-order valence-electron chi connectivity index (χ4n) is 2.13. The maximum Gasteiger partial charge on any atom is 0.128 e. The van der Waals surface area contributed by atoms with Crippen LogP contribution in [0.5, 0.6) is 0 Å². The molecule has 1 atom stereocenters. The van der Waals surface area contributed by atoms with Gasteiger partial charge in [0.1, 0.15) is 5.82 Å². The highest BCUT2D eigenvalue weighted by atomic mass is 15.1. The van der Waals surface area contributed by atoms with Gasteiger partial charge in [-0.05, 0) is 37.9 Å². The molecule has 15 heavy (non-hydrogen) atoms. The molecule has 1 aliphatic heterocycles. The van der Waals surface area contributed by atoms with E-state index in [1.165, 1.54) is 18.4 Å². The van der Waals surface area contributed by atoms with Gasteiger partial charge in [0.05, 0.1) is 0 Å². The van der Waals surface area contributed by atoms with Crippen LogP contribution in [-0.4, -0.2) is 25.6 Å². The van der Waals surface area contributed by atoms with E-state index in [1.807, 2.05) is 19.0 Å². The van der Waals surface area contributed by atoms with Gasteiger partial charge in [0, 0.05) is 25.8 Å². The van der Waals surface area contributed by atoms with Crippen LogP contribution < -0.4 is 10.2 Å². The van der Waals surface area contributed by atoms with Crippen LogP contribution in [0.4, 0.5) is 5.82 Å². The molecule has 1 fully saturated rings. The second-order valence-electron chi connectivity index (χ2n) is 4.39. The Bertz CT molecular complexity index is 341. The normalized spacial score (nSPS) is 20.6. The minimum atomic E-state index is 0.522. The van der Waals surface area contributed by atoms with Gasteiger partial charge in [0.2, 0.25) is 0 Å². The number of hydrogen-bond acceptors (Lipinski definition) is 3. The number of nitrogens with one attached hydrogen (secondary N) is 1. The Hall–Kier alpha value is -1.09. The maximum atomic E-state index is 4.60. The predicted octanol–water partition coefficient (Wildman–Crippen LogP) is 1.88. The molecule has 82 valence electrons. The standard InChI is InChI=1S/C12H19N3/c1-9-10(11-5-4-8-13-11)6-7-12(14-9)15(2)3/h6-7,11,13H,4-5,8H2,1-3H3/t11-/m0/s1. The van der Waals surface area contributed by atoms with E-state index in [4.69, 9.17) is 0 Å². The van der Waals surface area contributed by atoms with E-state index in [-0.39, 0.29) is 0 Å². The number of anilines is 1. The molecule has 3 heteroatoms. The van der Waals surface area contributed by atoms with Gasteiger partial charge >= 0.3 is 0 Å². The molecule has 0 radical (unpaired) electrons. The summed E-state index contributed by atoms with van der Waals surface area (Å²) < 4.78 is 0. The number of pyridine rings is 1. The predicted molar refractivity (Wildman–Crippen MR) is 63.3 cm³/mol. The summed E-state index contributed by atoms with van der Waals surface area (Å²) in [5.74, 6) is 1.04. The maximum absolute atomic E-state index is 4.60. The van der Waals surface area contributed by atoms with E-state index in [1.54, 1.807) is 0 Å². The van der Waals surface area contributed by atoms with E-state index in [2.05, 4.69) is 29.4 Å². The quantitative estimate of drug-likeness (QED) is 0.799. The summed E-state index contributed by atoms with van der Waals surface area (Å²) in [5, 5.41) is 3.51. The lowest BCUT2D eigenvalue weighted by molar-refractivity contribution is 0.639. The second-order valence-corrected chi connectivity index (χ2v) is 4.39. The van der Waals surface area contributed by atoms with Gasteiger partial charge in [-0.2, -0.15) is 0 Å². The first-order valence-corrected chi connectivity index (χ1v) is 5.57. The zero-order chi connectivity index (χ0) is 10.8. The van der Waals surface area contributed by atoms with Crippen molar-refractivity contribution in [3.05, 3.63) is 23.4 Å². The lowest BCUT2D eigenvalue weighted by Crippen LogP contribution is -2.16. The highest BCUT2D eigenvalue weighted by Gasteiger charge is 2.18. The summed E-state index contributed by atoms with van der Waals surface area (Å²) in [6.07, 6.45) is 2.52. The van der Waals surface area contributed by atoms with Crippen LogP contribution in [-0.2, 0) is 0 Å². The van der Waals surface area contributed by atoms with Crippen molar-refractivity contribution in [2.75, 3.05) is 25.5 Å². The van der Waals surface area contributed by atoms with Crippen LogP contribution in [0.25, 0.3) is 0 Å². The molecule has 0 bridgehead atoms. The molecule has 0 aliphatic carbocycles. The smallest absolute Gasteiger partial charge is 0.128 e. The van der Waals surface area contributed by atoms with Crippen molar-refractivity contribution >= 4 is 5.82 Å². The lowest BCUT2D eigenvalue weighted by atomic mass is 10.0. The number of nitrogens with zero attached hydrogens (tertiary/aromatic N) is 2. The van der Waals surface area contributed by atoms with Crippen LogP contribution >= 0.6 is 0 Å². The average Bonchev–Trinajstić information content (AvgIpc) is 2.70. The Morgan fingerprint density at radius 3 is 2.73 bits per heavy atom. The van der Waals surface area contributed by atoms with Gasteiger partial charge in [0.25, 0.3) is 0 Å². The van der Waals surface area contributed by atoms with Gasteiger partial charge in [-0.1, -0.05) is 6.07 Å². The highest BCUT2D eigenvalue weighted by Crippen LogP contribution is 2.26. The number of aromatic nitrogens is 1. The van der Waals surface area contributed by atoms with Crippen molar-refractivity contribution in [2.24, 2.45) is 0 Å². The molecule has 0 amide bonds. The summed E-state index contributed by atoms with van der Waals surface area (Å²) in [6.45, 7) is 3.24. The molecule has 1 aromatic heterocycles. The summed E-state index contributed by atoms with van der Waals surface area (Å²) in [6, 6.07) is 4.83. The lowest BCUT2D eigenvalue weighted by Gasteiger charge is -2.17. The molecular weight excluding hydrogens is 186 g/mol. The van der Waals surface area contributed by atoms with Crippen LogP contribution in [0.1, 0.15) is 30.1 Å². The van der Waals surface area contributed by atoms with Gasteiger partial charge in [0.15, 0.2) is 0 Å². The first kappa shape index (κ1) is 10.4. The van der Waals surface area contributed by atoms with Crippen molar-refractivity contribution in [3.8, 4) is 0 Å². The van der Waals surface area contributed by atoms with E-state index < -0.39 is 0 Å². The molecule has 2 heterocycles. The molecule has 0 aromatic carbocycles. The van der Waals surface area contributed by atoms with Gasteiger partial charge < -0.3 is 10.2 Å². The molecular formula is C12H19N3. The molecule has 1 aliphatic rings. The fourth-order valence-corrected chi connectivity index (χ4v) is 2.13. The summed E-state index contributed by atoms with van der Waals surface area (Å²) >= 11 is 0. The monoisotopic (exact) mass is 205 g/mol. The number of hydrogen-bond donors (Lipinski definition) is 1. The van der Waals surface area contributed by atoms with E-state index in [0.29, 0.717) is 6.04 Å². The van der Waals surface area contributed by atoms with Crippen molar-refractivity contribution < 1.29 is 0 Å². The molecule has 3 nitrogen and oxygen atoms in total. The Balaban J connectivity index is 2.25.